The molecule has 0 saturated heterocycles. The van der Waals surface area contributed by atoms with Gasteiger partial charge in [-0.25, -0.2) is 8.78 Å². The maximum atomic E-state index is 13.3. The Labute approximate surface area is 162 Å². The van der Waals surface area contributed by atoms with Crippen LogP contribution in [0.1, 0.15) is 5.56 Å². The molecule has 0 spiro atoms. The molecule has 1 atom stereocenters. The van der Waals surface area contributed by atoms with Crippen molar-refractivity contribution in [2.75, 3.05) is 25.6 Å². The minimum absolute atomic E-state index is 0.00186. The summed E-state index contributed by atoms with van der Waals surface area (Å²) in [5.74, 6) is -0.350. The van der Waals surface area contributed by atoms with Gasteiger partial charge in [0.2, 0.25) is 0 Å². The Morgan fingerprint density at radius 2 is 1.79 bits per heavy atom. The molecular formula is C21H21F2N3O2. The van der Waals surface area contributed by atoms with Gasteiger partial charge < -0.3 is 25.0 Å². The Hall–Kier alpha value is -3.06. The average molecular weight is 385 g/mol. The van der Waals surface area contributed by atoms with Gasteiger partial charge in [-0.3, -0.25) is 0 Å². The lowest BCUT2D eigenvalue weighted by atomic mass is 10.2. The van der Waals surface area contributed by atoms with Gasteiger partial charge in [0.05, 0.1) is 18.0 Å². The topological polar surface area (TPSA) is 45.5 Å². The molecule has 2 N–H and O–H groups in total. The molecule has 0 fully saturated rings. The molecule has 2 heterocycles. The van der Waals surface area contributed by atoms with Gasteiger partial charge in [-0.15, -0.1) is 0 Å². The van der Waals surface area contributed by atoms with E-state index in [1.54, 1.807) is 7.11 Å². The molecule has 0 aromatic heterocycles. The molecule has 0 amide bonds. The number of nitrogens with one attached hydrogen (secondary N) is 2. The Morgan fingerprint density at radius 1 is 1.04 bits per heavy atom. The Bertz CT molecular complexity index is 892. The molecule has 4 rings (SSSR count). The normalized spacial score (nSPS) is 17.0. The number of benzene rings is 2. The number of hydrogen-bond donors (Lipinski definition) is 2. The number of rotatable bonds is 9. The first-order valence-electron chi connectivity index (χ1n) is 9.02. The average Bonchev–Trinajstić information content (AvgIpc) is 3.39. The van der Waals surface area contributed by atoms with Gasteiger partial charge in [-0.2, -0.15) is 0 Å². The number of methoxy groups -OCH3 is 1. The van der Waals surface area contributed by atoms with Crippen LogP contribution in [0.3, 0.4) is 0 Å². The smallest absolute Gasteiger partial charge is 0.126 e. The summed E-state index contributed by atoms with van der Waals surface area (Å²) in [5.41, 5.74) is 3.55. The van der Waals surface area contributed by atoms with Crippen LogP contribution in [-0.4, -0.2) is 31.4 Å². The van der Waals surface area contributed by atoms with E-state index in [0.717, 1.165) is 28.9 Å². The summed E-state index contributed by atoms with van der Waals surface area (Å²) in [4.78, 5) is 2.09. The molecular weight excluding hydrogens is 364 g/mol. The van der Waals surface area contributed by atoms with Crippen molar-refractivity contribution in [2.45, 2.75) is 12.7 Å². The maximum Gasteiger partial charge on any atom is 0.126 e. The fraction of sp³-hybridized carbons (Fsp3) is 0.238. The summed E-state index contributed by atoms with van der Waals surface area (Å²) in [5, 5.41) is 6.67. The summed E-state index contributed by atoms with van der Waals surface area (Å²) in [6.07, 6.45) is 4.07. The number of anilines is 1. The zero-order valence-electron chi connectivity index (χ0n) is 15.4. The molecule has 2 aromatic rings. The van der Waals surface area contributed by atoms with E-state index < -0.39 is 11.6 Å². The van der Waals surface area contributed by atoms with E-state index in [4.69, 9.17) is 9.47 Å². The maximum absolute atomic E-state index is 13.3. The van der Waals surface area contributed by atoms with Crippen LogP contribution in [-0.2, 0) is 11.3 Å². The van der Waals surface area contributed by atoms with E-state index in [-0.39, 0.29) is 6.17 Å². The van der Waals surface area contributed by atoms with E-state index in [1.165, 1.54) is 12.1 Å². The van der Waals surface area contributed by atoms with Crippen molar-refractivity contribution in [3.8, 4) is 5.75 Å². The summed E-state index contributed by atoms with van der Waals surface area (Å²) in [6.45, 7) is 1.42. The van der Waals surface area contributed by atoms with E-state index in [1.807, 2.05) is 36.5 Å². The van der Waals surface area contributed by atoms with Crippen molar-refractivity contribution in [3.05, 3.63) is 83.3 Å². The molecule has 1 unspecified atom stereocenters. The molecule has 28 heavy (non-hydrogen) atoms. The summed E-state index contributed by atoms with van der Waals surface area (Å²) in [6, 6.07) is 11.3. The second-order valence-corrected chi connectivity index (χ2v) is 6.59. The summed E-state index contributed by atoms with van der Waals surface area (Å²) < 4.78 is 37.1. The molecule has 0 saturated carbocycles. The monoisotopic (exact) mass is 385 g/mol. The van der Waals surface area contributed by atoms with Crippen LogP contribution in [0.2, 0.25) is 0 Å². The first kappa shape index (κ1) is 18.3. The van der Waals surface area contributed by atoms with Crippen molar-refractivity contribution < 1.29 is 18.3 Å². The highest BCUT2D eigenvalue weighted by molar-refractivity contribution is 5.54. The SMILES string of the molecule is COCCOc1ccc(NC2C=C(NCc3cc(F)cc(F)c3)C3=CN32)cc1. The van der Waals surface area contributed by atoms with Crippen LogP contribution < -0.4 is 15.4 Å². The van der Waals surface area contributed by atoms with Gasteiger partial charge in [0.15, 0.2) is 0 Å². The lowest BCUT2D eigenvalue weighted by molar-refractivity contribution is 0.146. The predicted octanol–water partition coefficient (Wildman–Crippen LogP) is 3.57. The van der Waals surface area contributed by atoms with Crippen molar-refractivity contribution >= 4 is 5.69 Å². The van der Waals surface area contributed by atoms with E-state index >= 15 is 0 Å². The van der Waals surface area contributed by atoms with Crippen molar-refractivity contribution in [1.29, 1.82) is 0 Å². The number of fused-ring (bicyclic) bond motifs is 1. The highest BCUT2D eigenvalue weighted by Crippen LogP contribution is 2.37. The van der Waals surface area contributed by atoms with Crippen molar-refractivity contribution in [3.63, 3.8) is 0 Å². The van der Waals surface area contributed by atoms with Crippen LogP contribution in [0.25, 0.3) is 0 Å². The molecule has 0 aliphatic carbocycles. The number of hydrogen-bond acceptors (Lipinski definition) is 5. The quantitative estimate of drug-likeness (QED) is 0.646. The molecule has 2 aliphatic rings. The van der Waals surface area contributed by atoms with Crippen LogP contribution in [0.15, 0.2) is 66.1 Å². The van der Waals surface area contributed by atoms with Gasteiger partial charge in [-0.1, -0.05) is 0 Å². The van der Waals surface area contributed by atoms with Gasteiger partial charge in [-0.05, 0) is 48.0 Å². The molecule has 2 aliphatic heterocycles. The van der Waals surface area contributed by atoms with E-state index in [2.05, 4.69) is 15.5 Å². The summed E-state index contributed by atoms with van der Waals surface area (Å²) in [7, 11) is 1.64. The Balaban J connectivity index is 1.32. The lowest BCUT2D eigenvalue weighted by Crippen LogP contribution is -2.23. The van der Waals surface area contributed by atoms with Crippen LogP contribution in [0.4, 0.5) is 14.5 Å². The van der Waals surface area contributed by atoms with Gasteiger partial charge in [0, 0.05) is 31.6 Å². The third-order valence-electron chi connectivity index (χ3n) is 4.50. The Kier molecular flexibility index (Phi) is 5.16. The van der Waals surface area contributed by atoms with Crippen molar-refractivity contribution in [2.24, 2.45) is 0 Å². The van der Waals surface area contributed by atoms with E-state index in [0.29, 0.717) is 25.3 Å². The minimum atomic E-state index is -0.571. The highest BCUT2D eigenvalue weighted by Gasteiger charge is 2.37. The second-order valence-electron chi connectivity index (χ2n) is 6.59. The zero-order valence-corrected chi connectivity index (χ0v) is 15.4. The van der Waals surface area contributed by atoms with Crippen molar-refractivity contribution in [1.82, 2.24) is 10.2 Å². The van der Waals surface area contributed by atoms with Crippen LogP contribution in [0, 0.1) is 11.6 Å². The first-order chi connectivity index (χ1) is 13.6. The minimum Gasteiger partial charge on any atom is -0.491 e. The highest BCUT2D eigenvalue weighted by atomic mass is 19.1. The second kappa shape index (κ2) is 7.90. The number of ether oxygens (including phenoxy) is 2. The van der Waals surface area contributed by atoms with Gasteiger partial charge in [0.1, 0.15) is 30.2 Å². The molecule has 2 aromatic carbocycles. The molecule has 0 bridgehead atoms. The largest absolute Gasteiger partial charge is 0.491 e. The zero-order chi connectivity index (χ0) is 19.5. The first-order valence-corrected chi connectivity index (χ1v) is 9.02. The van der Waals surface area contributed by atoms with E-state index in [9.17, 15) is 8.78 Å². The molecule has 7 heteroatoms. The van der Waals surface area contributed by atoms with Gasteiger partial charge in [0.25, 0.3) is 0 Å². The lowest BCUT2D eigenvalue weighted by Gasteiger charge is -2.16. The third-order valence-corrected chi connectivity index (χ3v) is 4.50. The number of halogens is 2. The molecule has 0 radical (unpaired) electrons. The fourth-order valence-electron chi connectivity index (χ4n) is 3.10. The number of nitrogens with zero attached hydrogens (tertiary/aromatic N) is 1. The van der Waals surface area contributed by atoms with Gasteiger partial charge >= 0.3 is 0 Å². The van der Waals surface area contributed by atoms with Crippen LogP contribution in [0.5, 0.6) is 5.75 Å². The standard InChI is InChI=1S/C21H21F2N3O2/c1-27-6-7-28-18-4-2-17(3-5-18)25-21-11-19(20-13-26(20)21)24-12-14-8-15(22)10-16(23)9-14/h2-5,8-11,13,21,24-25H,6-7,12H2,1H3. The van der Waals surface area contributed by atoms with Crippen LogP contribution >= 0.6 is 0 Å². The fourth-order valence-corrected chi connectivity index (χ4v) is 3.10. The third kappa shape index (κ3) is 4.26. The molecule has 5 nitrogen and oxygen atoms in total. The Morgan fingerprint density at radius 3 is 2.50 bits per heavy atom. The predicted molar refractivity (Wildman–Crippen MR) is 102 cm³/mol. The summed E-state index contributed by atoms with van der Waals surface area (Å²) >= 11 is 0. The molecule has 146 valence electrons.